The summed E-state index contributed by atoms with van der Waals surface area (Å²) in [6.07, 6.45) is 51.5. The highest BCUT2D eigenvalue weighted by molar-refractivity contribution is 5.72. The second-order valence-electron chi connectivity index (χ2n) is 14.5. The number of hydrogen-bond acceptors (Lipinski definition) is 6. The minimum Gasteiger partial charge on any atom is -0.477 e. The molecule has 0 aromatic heterocycles. The monoisotopic (exact) mass is 779 g/mol. The Morgan fingerprint density at radius 1 is 0.536 bits per heavy atom. The van der Waals surface area contributed by atoms with Gasteiger partial charge in [-0.1, -0.05) is 130 Å². The fraction of sp³-hybridized carbons (Fsp3) is 0.562. The zero-order valence-corrected chi connectivity index (χ0v) is 35.5. The van der Waals surface area contributed by atoms with Crippen molar-refractivity contribution >= 4 is 17.9 Å². The minimum atomic E-state index is -0.896. The number of quaternary nitrogens is 1. The van der Waals surface area contributed by atoms with E-state index in [0.29, 0.717) is 19.3 Å². The predicted octanol–water partition coefficient (Wildman–Crippen LogP) is 11.3. The van der Waals surface area contributed by atoms with Crippen LogP contribution in [0.25, 0.3) is 0 Å². The van der Waals surface area contributed by atoms with E-state index in [9.17, 15) is 19.5 Å². The zero-order valence-electron chi connectivity index (χ0n) is 35.5. The van der Waals surface area contributed by atoms with Crippen LogP contribution >= 0.6 is 0 Å². The van der Waals surface area contributed by atoms with Gasteiger partial charge in [0.1, 0.15) is 6.61 Å². The van der Waals surface area contributed by atoms with Crippen LogP contribution in [-0.2, 0) is 28.6 Å². The van der Waals surface area contributed by atoms with E-state index >= 15 is 0 Å². The van der Waals surface area contributed by atoms with Crippen LogP contribution in [0.3, 0.4) is 0 Å². The van der Waals surface area contributed by atoms with E-state index in [1.165, 1.54) is 0 Å². The fourth-order valence-electron chi connectivity index (χ4n) is 5.25. The Bertz CT molecular complexity index is 1280. The van der Waals surface area contributed by atoms with Crippen LogP contribution in [0.15, 0.2) is 109 Å². The van der Waals surface area contributed by atoms with Gasteiger partial charge in [-0.15, -0.1) is 0 Å². The molecule has 0 spiro atoms. The maximum Gasteiger partial charge on any atom is 0.362 e. The van der Waals surface area contributed by atoms with Crippen molar-refractivity contribution in [3.8, 4) is 0 Å². The van der Waals surface area contributed by atoms with E-state index < -0.39 is 18.1 Å². The number of carboxylic acid groups (broad SMARTS) is 1. The Morgan fingerprint density at radius 3 is 1.43 bits per heavy atom. The number of unbranched alkanes of at least 4 members (excludes halogenated alkanes) is 3. The number of carbonyl (C=O) groups excluding carboxylic acids is 2. The van der Waals surface area contributed by atoms with Gasteiger partial charge in [-0.2, -0.15) is 0 Å². The second kappa shape index (κ2) is 37.9. The van der Waals surface area contributed by atoms with Crippen molar-refractivity contribution in [2.24, 2.45) is 0 Å². The average Bonchev–Trinajstić information content (AvgIpc) is 3.15. The highest BCUT2D eigenvalue weighted by atomic mass is 16.6. The molecular weight excluding hydrogens is 703 g/mol. The summed E-state index contributed by atoms with van der Waals surface area (Å²) in [5.74, 6) is -1.63. The molecule has 0 aliphatic carbocycles. The lowest BCUT2D eigenvalue weighted by atomic mass is 10.1. The highest BCUT2D eigenvalue weighted by Crippen LogP contribution is 2.11. The number of carbonyl (C=O) groups is 3. The Hall–Kier alpha value is -4.01. The molecule has 2 unspecified atom stereocenters. The molecule has 0 aromatic rings. The van der Waals surface area contributed by atoms with Crippen molar-refractivity contribution in [3.05, 3.63) is 109 Å². The normalized spacial score (nSPS) is 14.1. The van der Waals surface area contributed by atoms with Gasteiger partial charge < -0.3 is 23.8 Å². The standard InChI is InChI=1S/C48H75NO7/c1-6-8-10-12-14-16-18-20-21-22-23-24-25-27-29-31-33-35-37-39-47(51)56-44(42-54-41-40-45(48(52)53)49(3,4)5)43-55-46(50)38-36-34-32-30-28-26-19-17-15-13-11-9-7-2/h8-11,14-17,20-21,23-24,26-29,32,34,44-45H,6-7,12-13,18-19,22,25,30-31,33,35-43H2,1-5H3/p+1/b10-8-,11-9-,16-14-,17-15-,21-20-,24-23-,28-26-,29-27-,34-32-. The van der Waals surface area contributed by atoms with Crippen LogP contribution in [0.2, 0.25) is 0 Å². The maximum atomic E-state index is 12.7. The molecule has 0 aliphatic rings. The first-order chi connectivity index (χ1) is 27.1. The quantitative estimate of drug-likeness (QED) is 0.0296. The van der Waals surface area contributed by atoms with Crippen molar-refractivity contribution in [1.82, 2.24) is 0 Å². The van der Waals surface area contributed by atoms with Gasteiger partial charge in [0, 0.05) is 19.3 Å². The topological polar surface area (TPSA) is 99.1 Å². The first kappa shape index (κ1) is 52.0. The highest BCUT2D eigenvalue weighted by Gasteiger charge is 2.31. The molecule has 0 radical (unpaired) electrons. The van der Waals surface area contributed by atoms with Crippen molar-refractivity contribution in [1.29, 1.82) is 0 Å². The molecular formula is C48H76NO7+. The first-order valence-corrected chi connectivity index (χ1v) is 20.9. The fourth-order valence-corrected chi connectivity index (χ4v) is 5.25. The maximum absolute atomic E-state index is 12.7. The predicted molar refractivity (Wildman–Crippen MR) is 233 cm³/mol. The molecule has 8 heteroatoms. The number of rotatable bonds is 35. The molecule has 2 atom stereocenters. The minimum absolute atomic E-state index is 0.0173. The van der Waals surface area contributed by atoms with E-state index in [-0.39, 0.29) is 49.1 Å². The van der Waals surface area contributed by atoms with Crippen molar-refractivity contribution in [3.63, 3.8) is 0 Å². The van der Waals surface area contributed by atoms with Gasteiger partial charge >= 0.3 is 17.9 Å². The summed E-state index contributed by atoms with van der Waals surface area (Å²) in [7, 11) is 5.47. The molecule has 0 amide bonds. The molecule has 56 heavy (non-hydrogen) atoms. The summed E-state index contributed by atoms with van der Waals surface area (Å²) in [5.41, 5.74) is 0. The smallest absolute Gasteiger partial charge is 0.362 e. The third-order valence-corrected chi connectivity index (χ3v) is 8.43. The number of nitrogens with zero attached hydrogens (tertiary/aromatic N) is 1. The number of carboxylic acids is 1. The third-order valence-electron chi connectivity index (χ3n) is 8.43. The van der Waals surface area contributed by atoms with Gasteiger partial charge in [-0.05, 0) is 83.5 Å². The Balaban J connectivity index is 4.55. The number of hydrogen-bond donors (Lipinski definition) is 1. The van der Waals surface area contributed by atoms with Crippen LogP contribution in [0.1, 0.15) is 123 Å². The summed E-state index contributed by atoms with van der Waals surface area (Å²) in [6, 6.07) is -0.637. The van der Waals surface area contributed by atoms with E-state index in [1.54, 1.807) is 0 Å². The van der Waals surface area contributed by atoms with Crippen LogP contribution < -0.4 is 0 Å². The van der Waals surface area contributed by atoms with Crippen LogP contribution in [0, 0.1) is 0 Å². The number of likely N-dealkylation sites (N-methyl/N-ethyl adjacent to an activating group) is 1. The van der Waals surface area contributed by atoms with Gasteiger partial charge in [0.15, 0.2) is 12.1 Å². The molecule has 1 N–H and O–H groups in total. The summed E-state index contributed by atoms with van der Waals surface area (Å²) in [6.45, 7) is 4.35. The van der Waals surface area contributed by atoms with Crippen LogP contribution in [0.5, 0.6) is 0 Å². The van der Waals surface area contributed by atoms with Gasteiger partial charge in [-0.3, -0.25) is 9.59 Å². The van der Waals surface area contributed by atoms with Crippen molar-refractivity contribution < 1.29 is 38.2 Å². The summed E-state index contributed by atoms with van der Waals surface area (Å²) >= 11 is 0. The molecule has 8 nitrogen and oxygen atoms in total. The summed E-state index contributed by atoms with van der Waals surface area (Å²) in [4.78, 5) is 36.9. The van der Waals surface area contributed by atoms with Crippen molar-refractivity contribution in [2.75, 3.05) is 41.0 Å². The molecule has 0 saturated carbocycles. The first-order valence-electron chi connectivity index (χ1n) is 20.9. The second-order valence-corrected chi connectivity index (χ2v) is 14.5. The van der Waals surface area contributed by atoms with Gasteiger partial charge in [0.05, 0.1) is 34.4 Å². The molecule has 0 heterocycles. The molecule has 0 fully saturated rings. The third kappa shape index (κ3) is 35.7. The molecule has 0 bridgehead atoms. The molecule has 314 valence electrons. The average molecular weight is 779 g/mol. The molecule has 0 rings (SSSR count). The zero-order chi connectivity index (χ0) is 41.4. The number of ether oxygens (including phenoxy) is 3. The van der Waals surface area contributed by atoms with Gasteiger partial charge in [0.2, 0.25) is 0 Å². The Morgan fingerprint density at radius 2 is 0.982 bits per heavy atom. The van der Waals surface area contributed by atoms with Gasteiger partial charge in [-0.25, -0.2) is 4.79 Å². The Kier molecular flexibility index (Phi) is 35.2. The molecule has 0 saturated heterocycles. The van der Waals surface area contributed by atoms with E-state index in [4.69, 9.17) is 14.2 Å². The van der Waals surface area contributed by atoms with Crippen LogP contribution in [-0.4, -0.2) is 80.6 Å². The Labute approximate surface area is 340 Å². The van der Waals surface area contributed by atoms with Crippen molar-refractivity contribution in [2.45, 2.75) is 135 Å². The largest absolute Gasteiger partial charge is 0.477 e. The SMILES string of the molecule is CC/C=C\C/C=C\C/C=C\C/C=C\C/C=C\CCCCCC(=O)OC(COCCC(C(=O)O)[N+](C)(C)C)COC(=O)CC/C=C\C/C=C\C/C=C\C/C=C\CC. The van der Waals surface area contributed by atoms with E-state index in [2.05, 4.69) is 111 Å². The molecule has 0 aromatic carbocycles. The summed E-state index contributed by atoms with van der Waals surface area (Å²) < 4.78 is 17.1. The van der Waals surface area contributed by atoms with E-state index in [1.807, 2.05) is 33.3 Å². The van der Waals surface area contributed by atoms with E-state index in [0.717, 1.165) is 77.0 Å². The number of aliphatic carboxylic acids is 1. The molecule has 0 aliphatic heterocycles. The van der Waals surface area contributed by atoms with Crippen LogP contribution in [0.4, 0.5) is 0 Å². The lowest BCUT2D eigenvalue weighted by Crippen LogP contribution is -2.50. The lowest BCUT2D eigenvalue weighted by molar-refractivity contribution is -0.887. The van der Waals surface area contributed by atoms with Gasteiger partial charge in [0.25, 0.3) is 0 Å². The summed E-state index contributed by atoms with van der Waals surface area (Å²) in [5, 5.41) is 9.60. The number of allylic oxidation sites excluding steroid dienone is 18. The number of esters is 2. The lowest BCUT2D eigenvalue weighted by Gasteiger charge is -2.31.